The molecule has 1 heterocycles. The van der Waals surface area contributed by atoms with Gasteiger partial charge in [0.15, 0.2) is 5.78 Å². The number of carbonyl (C=O) groups excluding carboxylic acids is 3. The standard InChI is InChI=1S/C23H26N2O4/c1-2-29-21(26)17-25(20-11-7-4-8-12-20)23(28)24-15-13-19(14-16-24)22(27)18-9-5-3-6-10-18/h3-12,19H,2,13-17H2,1H3. The van der Waals surface area contributed by atoms with Crippen LogP contribution in [0.2, 0.25) is 0 Å². The van der Waals surface area contributed by atoms with Gasteiger partial charge in [0.25, 0.3) is 0 Å². The van der Waals surface area contributed by atoms with Crippen molar-refractivity contribution < 1.29 is 19.1 Å². The molecule has 0 aliphatic carbocycles. The molecule has 152 valence electrons. The first kappa shape index (κ1) is 20.6. The molecule has 6 heteroatoms. The van der Waals surface area contributed by atoms with E-state index < -0.39 is 5.97 Å². The first-order valence-electron chi connectivity index (χ1n) is 9.96. The number of hydrogen-bond donors (Lipinski definition) is 0. The lowest BCUT2D eigenvalue weighted by Gasteiger charge is -2.35. The molecule has 3 rings (SSSR count). The summed E-state index contributed by atoms with van der Waals surface area (Å²) in [6.07, 6.45) is 1.23. The van der Waals surface area contributed by atoms with Crippen molar-refractivity contribution in [1.29, 1.82) is 0 Å². The van der Waals surface area contributed by atoms with Crippen molar-refractivity contribution in [1.82, 2.24) is 4.90 Å². The molecule has 6 nitrogen and oxygen atoms in total. The van der Waals surface area contributed by atoms with E-state index in [-0.39, 0.29) is 30.9 Å². The molecular formula is C23H26N2O4. The van der Waals surface area contributed by atoms with Gasteiger partial charge in [0.05, 0.1) is 6.61 Å². The maximum absolute atomic E-state index is 13.1. The number of carbonyl (C=O) groups is 3. The second-order valence-corrected chi connectivity index (χ2v) is 7.00. The van der Waals surface area contributed by atoms with Crippen LogP contribution in [0.3, 0.4) is 0 Å². The van der Waals surface area contributed by atoms with Gasteiger partial charge in [-0.05, 0) is 31.9 Å². The second-order valence-electron chi connectivity index (χ2n) is 7.00. The van der Waals surface area contributed by atoms with Crippen LogP contribution in [0.15, 0.2) is 60.7 Å². The average molecular weight is 394 g/mol. The van der Waals surface area contributed by atoms with E-state index in [0.29, 0.717) is 37.2 Å². The van der Waals surface area contributed by atoms with Crippen LogP contribution in [0.4, 0.5) is 10.5 Å². The van der Waals surface area contributed by atoms with Crippen LogP contribution < -0.4 is 4.90 Å². The van der Waals surface area contributed by atoms with Gasteiger partial charge in [-0.15, -0.1) is 0 Å². The topological polar surface area (TPSA) is 66.9 Å². The number of nitrogens with zero attached hydrogens (tertiary/aromatic N) is 2. The molecule has 0 aromatic heterocycles. The highest BCUT2D eigenvalue weighted by Crippen LogP contribution is 2.24. The van der Waals surface area contributed by atoms with Crippen molar-refractivity contribution in [3.8, 4) is 0 Å². The minimum absolute atomic E-state index is 0.0864. The lowest BCUT2D eigenvalue weighted by Crippen LogP contribution is -2.49. The van der Waals surface area contributed by atoms with Gasteiger partial charge in [-0.1, -0.05) is 48.5 Å². The van der Waals surface area contributed by atoms with Crippen LogP contribution >= 0.6 is 0 Å². The van der Waals surface area contributed by atoms with Crippen molar-refractivity contribution >= 4 is 23.5 Å². The largest absolute Gasteiger partial charge is 0.465 e. The third-order valence-electron chi connectivity index (χ3n) is 5.09. The van der Waals surface area contributed by atoms with Crippen LogP contribution in [0.1, 0.15) is 30.1 Å². The van der Waals surface area contributed by atoms with Crippen molar-refractivity contribution in [3.05, 3.63) is 66.2 Å². The van der Waals surface area contributed by atoms with Gasteiger partial charge in [-0.25, -0.2) is 4.79 Å². The fourth-order valence-corrected chi connectivity index (χ4v) is 3.55. The summed E-state index contributed by atoms with van der Waals surface area (Å²) in [4.78, 5) is 41.0. The zero-order valence-electron chi connectivity index (χ0n) is 16.6. The molecule has 2 amide bonds. The molecule has 0 atom stereocenters. The Labute approximate surface area is 171 Å². The van der Waals surface area contributed by atoms with Crippen molar-refractivity contribution in [2.75, 3.05) is 31.1 Å². The number of amides is 2. The molecule has 0 bridgehead atoms. The molecule has 0 radical (unpaired) electrons. The summed E-state index contributed by atoms with van der Waals surface area (Å²) >= 11 is 0. The van der Waals surface area contributed by atoms with Gasteiger partial charge in [0, 0.05) is 30.3 Å². The predicted molar refractivity (Wildman–Crippen MR) is 111 cm³/mol. The highest BCUT2D eigenvalue weighted by atomic mass is 16.5. The lowest BCUT2D eigenvalue weighted by atomic mass is 9.89. The molecule has 1 aliphatic rings. The van der Waals surface area contributed by atoms with E-state index in [1.807, 2.05) is 48.5 Å². The highest BCUT2D eigenvalue weighted by molar-refractivity contribution is 5.99. The Hall–Kier alpha value is -3.15. The molecule has 1 aliphatic heterocycles. The maximum Gasteiger partial charge on any atom is 0.326 e. The summed E-state index contributed by atoms with van der Waals surface area (Å²) in [6, 6.07) is 18.1. The number of rotatable bonds is 6. The number of piperidine rings is 1. The van der Waals surface area contributed by atoms with E-state index in [1.165, 1.54) is 4.90 Å². The number of esters is 1. The summed E-state index contributed by atoms with van der Waals surface area (Å²) in [6.45, 7) is 2.83. The molecule has 0 unspecified atom stereocenters. The van der Waals surface area contributed by atoms with Gasteiger partial charge in [0.1, 0.15) is 6.54 Å². The van der Waals surface area contributed by atoms with Gasteiger partial charge < -0.3 is 9.64 Å². The number of ether oxygens (including phenoxy) is 1. The molecule has 2 aromatic rings. The lowest BCUT2D eigenvalue weighted by molar-refractivity contribution is -0.141. The van der Waals surface area contributed by atoms with Crippen molar-refractivity contribution in [3.63, 3.8) is 0 Å². The van der Waals surface area contributed by atoms with E-state index in [0.717, 1.165) is 0 Å². The fraction of sp³-hybridized carbons (Fsp3) is 0.348. The predicted octanol–water partition coefficient (Wildman–Crippen LogP) is 3.77. The Balaban J connectivity index is 1.66. The summed E-state index contributed by atoms with van der Waals surface area (Å²) in [5.41, 5.74) is 1.36. The number of benzene rings is 2. The number of Topliss-reactive ketones (excluding diaryl/α,β-unsaturated/α-hetero) is 1. The SMILES string of the molecule is CCOC(=O)CN(C(=O)N1CCC(C(=O)c2ccccc2)CC1)c1ccccc1. The number of para-hydroxylation sites is 1. The number of anilines is 1. The Bertz CT molecular complexity index is 830. The quantitative estimate of drug-likeness (QED) is 0.553. The van der Waals surface area contributed by atoms with Gasteiger partial charge >= 0.3 is 12.0 Å². The Morgan fingerprint density at radius 3 is 2.14 bits per heavy atom. The first-order chi connectivity index (χ1) is 14.1. The molecule has 1 fully saturated rings. The zero-order chi connectivity index (χ0) is 20.6. The number of likely N-dealkylation sites (tertiary alicyclic amines) is 1. The summed E-state index contributed by atoms with van der Waals surface area (Å²) in [7, 11) is 0. The van der Waals surface area contributed by atoms with E-state index >= 15 is 0 Å². The van der Waals surface area contributed by atoms with Crippen molar-refractivity contribution in [2.24, 2.45) is 5.92 Å². The van der Waals surface area contributed by atoms with E-state index in [9.17, 15) is 14.4 Å². The molecular weight excluding hydrogens is 368 g/mol. The van der Waals surface area contributed by atoms with Crippen LogP contribution in [0.5, 0.6) is 0 Å². The first-order valence-corrected chi connectivity index (χ1v) is 9.96. The molecule has 1 saturated heterocycles. The van der Waals surface area contributed by atoms with Crippen LogP contribution in [-0.4, -0.2) is 48.9 Å². The van der Waals surface area contributed by atoms with Crippen LogP contribution in [0, 0.1) is 5.92 Å². The number of hydrogen-bond acceptors (Lipinski definition) is 4. The summed E-state index contributed by atoms with van der Waals surface area (Å²) in [5, 5.41) is 0. The third-order valence-corrected chi connectivity index (χ3v) is 5.09. The Kier molecular flexibility index (Phi) is 7.00. The fourth-order valence-electron chi connectivity index (χ4n) is 3.55. The summed E-state index contributed by atoms with van der Waals surface area (Å²) < 4.78 is 5.03. The Morgan fingerprint density at radius 1 is 0.966 bits per heavy atom. The molecule has 0 spiro atoms. The Morgan fingerprint density at radius 2 is 1.55 bits per heavy atom. The smallest absolute Gasteiger partial charge is 0.326 e. The maximum atomic E-state index is 13.1. The average Bonchev–Trinajstić information content (AvgIpc) is 2.78. The molecule has 0 saturated carbocycles. The second kappa shape index (κ2) is 9.87. The minimum atomic E-state index is -0.446. The molecule has 29 heavy (non-hydrogen) atoms. The monoisotopic (exact) mass is 394 g/mol. The van der Waals surface area contributed by atoms with Crippen LogP contribution in [-0.2, 0) is 9.53 Å². The normalized spacial score (nSPS) is 14.3. The highest BCUT2D eigenvalue weighted by Gasteiger charge is 2.31. The van der Waals surface area contributed by atoms with Gasteiger partial charge in [-0.3, -0.25) is 14.5 Å². The van der Waals surface area contributed by atoms with Gasteiger partial charge in [-0.2, -0.15) is 0 Å². The number of urea groups is 1. The van der Waals surface area contributed by atoms with E-state index in [1.54, 1.807) is 24.0 Å². The summed E-state index contributed by atoms with van der Waals surface area (Å²) in [5.74, 6) is -0.403. The van der Waals surface area contributed by atoms with Crippen molar-refractivity contribution in [2.45, 2.75) is 19.8 Å². The third kappa shape index (κ3) is 5.22. The molecule has 0 N–H and O–H groups in total. The van der Waals surface area contributed by atoms with E-state index in [4.69, 9.17) is 4.74 Å². The number of ketones is 1. The minimum Gasteiger partial charge on any atom is -0.465 e. The van der Waals surface area contributed by atoms with Crippen LogP contribution in [0.25, 0.3) is 0 Å². The molecule has 2 aromatic carbocycles. The van der Waals surface area contributed by atoms with Gasteiger partial charge in [0.2, 0.25) is 0 Å². The zero-order valence-corrected chi connectivity index (χ0v) is 16.6. The van der Waals surface area contributed by atoms with E-state index in [2.05, 4.69) is 0 Å².